The fraction of sp³-hybridized carbons (Fsp3) is 0.115. The second kappa shape index (κ2) is 12.1. The lowest BCUT2D eigenvalue weighted by molar-refractivity contribution is -0.118. The zero-order valence-electron chi connectivity index (χ0n) is 18.4. The van der Waals surface area contributed by atoms with Crippen molar-refractivity contribution in [1.29, 1.82) is 5.26 Å². The lowest BCUT2D eigenvalue weighted by Gasteiger charge is -2.10. The summed E-state index contributed by atoms with van der Waals surface area (Å²) in [5, 5.41) is 15.1. The van der Waals surface area contributed by atoms with Gasteiger partial charge in [-0.2, -0.15) is 5.26 Å². The number of rotatable bonds is 9. The molecule has 34 heavy (non-hydrogen) atoms. The van der Waals surface area contributed by atoms with Crippen molar-refractivity contribution in [3.8, 4) is 17.6 Å². The van der Waals surface area contributed by atoms with Gasteiger partial charge in [0.2, 0.25) is 0 Å². The summed E-state index contributed by atoms with van der Waals surface area (Å²) in [7, 11) is 1.56. The smallest absolute Gasteiger partial charge is 0.262 e. The lowest BCUT2D eigenvalue weighted by atomic mass is 10.1. The van der Waals surface area contributed by atoms with Gasteiger partial charge in [0, 0.05) is 12.2 Å². The van der Waals surface area contributed by atoms with Crippen LogP contribution in [-0.2, 0) is 16.1 Å². The van der Waals surface area contributed by atoms with E-state index in [9.17, 15) is 14.9 Å². The number of ether oxygens (including phenoxy) is 2. The molecule has 3 aromatic carbocycles. The van der Waals surface area contributed by atoms with Crippen LogP contribution in [0.25, 0.3) is 6.08 Å². The summed E-state index contributed by atoms with van der Waals surface area (Å²) in [6, 6.07) is 23.0. The first-order valence-electron chi connectivity index (χ1n) is 10.3. The Morgan fingerprint density at radius 3 is 2.44 bits per heavy atom. The highest BCUT2D eigenvalue weighted by Gasteiger charge is 2.11. The van der Waals surface area contributed by atoms with Crippen LogP contribution in [0.4, 0.5) is 5.69 Å². The molecule has 0 unspecified atom stereocenters. The molecule has 0 aliphatic carbocycles. The number of nitrogens with one attached hydrogen (secondary N) is 2. The SMILES string of the molecule is COc1ccc(NC(=O)COc2ccc(/C=C(\C#N)C(=O)NCc3ccccc3)cc2Cl)cc1. The predicted octanol–water partition coefficient (Wildman–Crippen LogP) is 4.59. The largest absolute Gasteiger partial charge is 0.497 e. The summed E-state index contributed by atoms with van der Waals surface area (Å²) in [5.74, 6) is 0.143. The number of amides is 2. The molecule has 7 nitrogen and oxygen atoms in total. The van der Waals surface area contributed by atoms with Gasteiger partial charge in [-0.1, -0.05) is 48.0 Å². The fourth-order valence-corrected chi connectivity index (χ4v) is 3.17. The normalized spacial score (nSPS) is 10.7. The number of methoxy groups -OCH3 is 1. The number of benzene rings is 3. The average molecular weight is 476 g/mol. The molecule has 172 valence electrons. The van der Waals surface area contributed by atoms with Gasteiger partial charge in [0.1, 0.15) is 23.1 Å². The van der Waals surface area contributed by atoms with Gasteiger partial charge in [0.05, 0.1) is 12.1 Å². The minimum atomic E-state index is -0.488. The van der Waals surface area contributed by atoms with Gasteiger partial charge < -0.3 is 20.1 Å². The van der Waals surface area contributed by atoms with E-state index in [4.69, 9.17) is 21.1 Å². The summed E-state index contributed by atoms with van der Waals surface area (Å²) in [6.45, 7) is 0.0666. The van der Waals surface area contributed by atoms with E-state index in [-0.39, 0.29) is 23.1 Å². The van der Waals surface area contributed by atoms with E-state index in [1.165, 1.54) is 6.08 Å². The molecule has 0 saturated carbocycles. The third kappa shape index (κ3) is 7.12. The van der Waals surface area contributed by atoms with Crippen molar-refractivity contribution in [3.05, 3.63) is 94.5 Å². The van der Waals surface area contributed by atoms with Crippen LogP contribution in [0.5, 0.6) is 11.5 Å². The molecule has 0 heterocycles. The standard InChI is InChI=1S/C26H22ClN3O4/c1-33-22-10-8-21(9-11-22)30-25(31)17-34-24-12-7-19(14-23(24)27)13-20(15-28)26(32)29-16-18-5-3-2-4-6-18/h2-14H,16-17H2,1H3,(H,29,32)(H,30,31)/b20-13+. The van der Waals surface area contributed by atoms with Gasteiger partial charge in [0.15, 0.2) is 6.61 Å². The maximum absolute atomic E-state index is 12.4. The van der Waals surface area contributed by atoms with Crippen LogP contribution in [0.15, 0.2) is 78.4 Å². The highest BCUT2D eigenvalue weighted by atomic mass is 35.5. The number of carbonyl (C=O) groups excluding carboxylic acids is 2. The van der Waals surface area contributed by atoms with Gasteiger partial charge in [-0.3, -0.25) is 9.59 Å². The minimum absolute atomic E-state index is 0.0560. The first kappa shape index (κ1) is 24.4. The number of hydrogen-bond donors (Lipinski definition) is 2. The van der Waals surface area contributed by atoms with Crippen molar-refractivity contribution < 1.29 is 19.1 Å². The van der Waals surface area contributed by atoms with Crippen LogP contribution in [0, 0.1) is 11.3 Å². The van der Waals surface area contributed by atoms with Crippen molar-refractivity contribution in [3.63, 3.8) is 0 Å². The molecule has 2 N–H and O–H groups in total. The summed E-state index contributed by atoms with van der Waals surface area (Å²) in [4.78, 5) is 24.5. The Morgan fingerprint density at radius 1 is 1.06 bits per heavy atom. The molecule has 0 fully saturated rings. The van der Waals surface area contributed by atoms with Gasteiger partial charge in [-0.15, -0.1) is 0 Å². The van der Waals surface area contributed by atoms with Crippen LogP contribution >= 0.6 is 11.6 Å². The van der Waals surface area contributed by atoms with Crippen molar-refractivity contribution in [2.75, 3.05) is 19.0 Å². The molecule has 0 aromatic heterocycles. The summed E-state index contributed by atoms with van der Waals surface area (Å²) in [6.07, 6.45) is 1.44. The molecular weight excluding hydrogens is 454 g/mol. The molecule has 0 spiro atoms. The van der Waals surface area contributed by atoms with Crippen molar-refractivity contribution in [2.24, 2.45) is 0 Å². The minimum Gasteiger partial charge on any atom is -0.497 e. The highest BCUT2D eigenvalue weighted by Crippen LogP contribution is 2.26. The summed E-state index contributed by atoms with van der Waals surface area (Å²) >= 11 is 6.27. The molecule has 0 atom stereocenters. The van der Waals surface area contributed by atoms with Crippen LogP contribution in [0.1, 0.15) is 11.1 Å². The molecule has 0 saturated heterocycles. The Bertz CT molecular complexity index is 1220. The summed E-state index contributed by atoms with van der Waals surface area (Å²) in [5.41, 5.74) is 2.02. The first-order valence-corrected chi connectivity index (χ1v) is 10.7. The number of anilines is 1. The van der Waals surface area contributed by atoms with E-state index in [1.807, 2.05) is 36.4 Å². The van der Waals surface area contributed by atoms with Gasteiger partial charge in [-0.05, 0) is 53.6 Å². The van der Waals surface area contributed by atoms with Gasteiger partial charge in [0.25, 0.3) is 11.8 Å². The second-order valence-corrected chi connectivity index (χ2v) is 7.50. The lowest BCUT2D eigenvalue weighted by Crippen LogP contribution is -2.23. The number of carbonyl (C=O) groups is 2. The maximum Gasteiger partial charge on any atom is 0.262 e. The zero-order valence-corrected chi connectivity index (χ0v) is 19.1. The van der Waals surface area contributed by atoms with Crippen molar-refractivity contribution >= 4 is 35.2 Å². The Balaban J connectivity index is 1.57. The molecule has 8 heteroatoms. The van der Waals surface area contributed by atoms with E-state index in [0.717, 1.165) is 5.56 Å². The van der Waals surface area contributed by atoms with Crippen LogP contribution in [0.3, 0.4) is 0 Å². The van der Waals surface area contributed by atoms with E-state index in [0.29, 0.717) is 29.3 Å². The van der Waals surface area contributed by atoms with Crippen molar-refractivity contribution in [2.45, 2.75) is 6.54 Å². The molecule has 2 amide bonds. The first-order chi connectivity index (χ1) is 16.5. The predicted molar refractivity (Wildman–Crippen MR) is 130 cm³/mol. The van der Waals surface area contributed by atoms with Gasteiger partial charge in [-0.25, -0.2) is 0 Å². The van der Waals surface area contributed by atoms with E-state index >= 15 is 0 Å². The van der Waals surface area contributed by atoms with E-state index in [2.05, 4.69) is 10.6 Å². The number of halogens is 1. The Morgan fingerprint density at radius 2 is 1.79 bits per heavy atom. The highest BCUT2D eigenvalue weighted by molar-refractivity contribution is 6.32. The third-order valence-corrected chi connectivity index (χ3v) is 4.96. The Kier molecular flexibility index (Phi) is 8.67. The Hall–Kier alpha value is -4.28. The monoisotopic (exact) mass is 475 g/mol. The number of nitrogens with zero attached hydrogens (tertiary/aromatic N) is 1. The average Bonchev–Trinajstić information content (AvgIpc) is 2.86. The fourth-order valence-electron chi connectivity index (χ4n) is 2.93. The molecular formula is C26H22ClN3O4. The third-order valence-electron chi connectivity index (χ3n) is 4.66. The zero-order chi connectivity index (χ0) is 24.3. The maximum atomic E-state index is 12.4. The van der Waals surface area contributed by atoms with E-state index in [1.54, 1.807) is 49.6 Å². The topological polar surface area (TPSA) is 100 Å². The molecule has 3 aromatic rings. The van der Waals surface area contributed by atoms with Gasteiger partial charge >= 0.3 is 0 Å². The second-order valence-electron chi connectivity index (χ2n) is 7.09. The molecule has 3 rings (SSSR count). The number of nitriles is 1. The van der Waals surface area contributed by atoms with Crippen LogP contribution in [0.2, 0.25) is 5.02 Å². The molecule has 0 radical (unpaired) electrons. The molecule has 0 bridgehead atoms. The van der Waals surface area contributed by atoms with E-state index < -0.39 is 5.91 Å². The molecule has 0 aliphatic rings. The van der Waals surface area contributed by atoms with Crippen LogP contribution in [-0.4, -0.2) is 25.5 Å². The molecule has 0 aliphatic heterocycles. The van der Waals surface area contributed by atoms with Crippen LogP contribution < -0.4 is 20.1 Å². The van der Waals surface area contributed by atoms with Crippen molar-refractivity contribution in [1.82, 2.24) is 5.32 Å². The quantitative estimate of drug-likeness (QED) is 0.348. The summed E-state index contributed by atoms with van der Waals surface area (Å²) < 4.78 is 10.6. The number of hydrogen-bond acceptors (Lipinski definition) is 5. The Labute approximate surface area is 202 Å².